The Balaban J connectivity index is 1.33. The molecule has 1 aliphatic heterocycles. The summed E-state index contributed by atoms with van der Waals surface area (Å²) in [4.78, 5) is 21.4. The van der Waals surface area contributed by atoms with Crippen LogP contribution >= 0.6 is 27.3 Å². The molecule has 0 atom stereocenters. The van der Waals surface area contributed by atoms with Crippen LogP contribution in [0.4, 0.5) is 0 Å². The first-order chi connectivity index (χ1) is 12.7. The monoisotopic (exact) mass is 431 g/mol. The molecule has 1 fully saturated rings. The lowest BCUT2D eigenvalue weighted by Crippen LogP contribution is -2.48. The highest BCUT2D eigenvalue weighted by atomic mass is 79.9. The van der Waals surface area contributed by atoms with Gasteiger partial charge in [-0.25, -0.2) is 4.98 Å². The Morgan fingerprint density at radius 3 is 2.58 bits per heavy atom. The lowest BCUT2D eigenvalue weighted by Gasteiger charge is -2.33. The van der Waals surface area contributed by atoms with E-state index in [1.807, 2.05) is 23.1 Å². The van der Waals surface area contributed by atoms with Gasteiger partial charge in [0.1, 0.15) is 5.01 Å². The Hall–Kier alpha value is -1.96. The first kappa shape index (κ1) is 17.5. The molecule has 1 amide bonds. The number of amides is 1. The molecule has 4 rings (SSSR count). The third kappa shape index (κ3) is 3.90. The zero-order chi connectivity index (χ0) is 17.9. The van der Waals surface area contributed by atoms with Crippen molar-refractivity contribution >= 4 is 33.2 Å². The molecule has 134 valence electrons. The number of aromatic nitrogens is 1. The van der Waals surface area contributed by atoms with Crippen LogP contribution in [-0.4, -0.2) is 46.9 Å². The van der Waals surface area contributed by atoms with Crippen molar-refractivity contribution in [3.63, 3.8) is 0 Å². The van der Waals surface area contributed by atoms with Gasteiger partial charge in [-0.1, -0.05) is 30.3 Å². The predicted octanol–water partition coefficient (Wildman–Crippen LogP) is 4.12. The van der Waals surface area contributed by atoms with E-state index in [1.165, 1.54) is 0 Å². The summed E-state index contributed by atoms with van der Waals surface area (Å²) in [6.07, 6.45) is 0. The summed E-state index contributed by atoms with van der Waals surface area (Å²) in [5.74, 6) is 0.340. The van der Waals surface area contributed by atoms with Crippen molar-refractivity contribution in [1.82, 2.24) is 14.8 Å². The fourth-order valence-electron chi connectivity index (χ4n) is 3.02. The van der Waals surface area contributed by atoms with Gasteiger partial charge in [-0.3, -0.25) is 9.69 Å². The maximum Gasteiger partial charge on any atom is 0.289 e. The molecule has 0 N–H and O–H groups in total. The normalized spacial score (nSPS) is 15.3. The topological polar surface area (TPSA) is 49.6 Å². The molecule has 1 saturated heterocycles. The van der Waals surface area contributed by atoms with Crippen molar-refractivity contribution in [3.05, 3.63) is 64.0 Å². The van der Waals surface area contributed by atoms with E-state index in [2.05, 4.69) is 38.3 Å². The first-order valence-electron chi connectivity index (χ1n) is 8.46. The predicted molar refractivity (Wildman–Crippen MR) is 105 cm³/mol. The fraction of sp³-hybridized carbons (Fsp3) is 0.263. The smallest absolute Gasteiger partial charge is 0.289 e. The van der Waals surface area contributed by atoms with E-state index in [1.54, 1.807) is 23.5 Å². The summed E-state index contributed by atoms with van der Waals surface area (Å²) in [7, 11) is 0. The Morgan fingerprint density at radius 1 is 1.12 bits per heavy atom. The Kier molecular flexibility index (Phi) is 5.19. The molecular formula is C19H18BrN3O2S. The summed E-state index contributed by atoms with van der Waals surface area (Å²) >= 11 is 4.92. The molecule has 0 aliphatic carbocycles. The van der Waals surface area contributed by atoms with Crippen LogP contribution in [0.25, 0.3) is 10.6 Å². The number of piperazine rings is 1. The van der Waals surface area contributed by atoms with E-state index >= 15 is 0 Å². The number of carbonyl (C=O) groups excluding carboxylic acids is 1. The van der Waals surface area contributed by atoms with Gasteiger partial charge in [0, 0.05) is 43.7 Å². The highest BCUT2D eigenvalue weighted by molar-refractivity contribution is 9.10. The molecule has 0 spiro atoms. The van der Waals surface area contributed by atoms with Crippen molar-refractivity contribution < 1.29 is 9.21 Å². The summed E-state index contributed by atoms with van der Waals surface area (Å²) in [6, 6.07) is 13.7. The second-order valence-electron chi connectivity index (χ2n) is 6.18. The summed E-state index contributed by atoms with van der Waals surface area (Å²) in [6.45, 7) is 3.90. The number of hydrogen-bond acceptors (Lipinski definition) is 5. The van der Waals surface area contributed by atoms with Crippen molar-refractivity contribution in [3.8, 4) is 10.6 Å². The van der Waals surface area contributed by atoms with Crippen LogP contribution < -0.4 is 0 Å². The zero-order valence-corrected chi connectivity index (χ0v) is 16.5. The fourth-order valence-corrected chi connectivity index (χ4v) is 4.14. The third-order valence-corrected chi connectivity index (χ3v) is 5.77. The molecule has 0 bridgehead atoms. The number of halogens is 1. The minimum absolute atomic E-state index is 0.0460. The number of furan rings is 1. The highest BCUT2D eigenvalue weighted by Crippen LogP contribution is 2.24. The number of carbonyl (C=O) groups is 1. The summed E-state index contributed by atoms with van der Waals surface area (Å²) in [5, 5.41) is 3.18. The molecule has 26 heavy (non-hydrogen) atoms. The van der Waals surface area contributed by atoms with Crippen LogP contribution in [0.1, 0.15) is 16.2 Å². The minimum atomic E-state index is -0.0460. The quantitative estimate of drug-likeness (QED) is 0.623. The van der Waals surface area contributed by atoms with Crippen LogP contribution in [0.15, 0.2) is 56.9 Å². The SMILES string of the molecule is O=C(c1ccc(Br)o1)N1CCN(Cc2csc(-c3ccccc3)n2)CC1. The lowest BCUT2D eigenvalue weighted by molar-refractivity contribution is 0.0595. The molecule has 3 aromatic rings. The Morgan fingerprint density at radius 2 is 1.88 bits per heavy atom. The van der Waals surface area contributed by atoms with Crippen LogP contribution in [0.5, 0.6) is 0 Å². The van der Waals surface area contributed by atoms with E-state index in [0.717, 1.165) is 35.9 Å². The number of benzene rings is 1. The van der Waals surface area contributed by atoms with Crippen molar-refractivity contribution in [1.29, 1.82) is 0 Å². The van der Waals surface area contributed by atoms with Gasteiger partial charge in [0.15, 0.2) is 10.4 Å². The summed E-state index contributed by atoms with van der Waals surface area (Å²) in [5.41, 5.74) is 2.24. The van der Waals surface area contributed by atoms with Gasteiger partial charge in [-0.15, -0.1) is 11.3 Å². The van der Waals surface area contributed by atoms with Gasteiger partial charge in [0.05, 0.1) is 5.69 Å². The molecule has 2 aromatic heterocycles. The van der Waals surface area contributed by atoms with Crippen LogP contribution in [0.2, 0.25) is 0 Å². The standard InChI is InChI=1S/C19H18BrN3O2S/c20-17-7-6-16(25-17)19(24)23-10-8-22(9-11-23)12-15-13-26-18(21-15)14-4-2-1-3-5-14/h1-7,13H,8-12H2. The maximum atomic E-state index is 12.4. The highest BCUT2D eigenvalue weighted by Gasteiger charge is 2.24. The van der Waals surface area contributed by atoms with E-state index in [4.69, 9.17) is 9.40 Å². The Labute approximate surface area is 164 Å². The van der Waals surface area contributed by atoms with Crippen LogP contribution in [0.3, 0.4) is 0 Å². The molecular weight excluding hydrogens is 414 g/mol. The van der Waals surface area contributed by atoms with E-state index in [-0.39, 0.29) is 5.91 Å². The number of rotatable bonds is 4. The minimum Gasteiger partial charge on any atom is -0.444 e. The zero-order valence-electron chi connectivity index (χ0n) is 14.1. The van der Waals surface area contributed by atoms with Crippen molar-refractivity contribution in [2.45, 2.75) is 6.54 Å². The van der Waals surface area contributed by atoms with Gasteiger partial charge >= 0.3 is 0 Å². The van der Waals surface area contributed by atoms with E-state index < -0.39 is 0 Å². The molecule has 3 heterocycles. The molecule has 1 aliphatic rings. The van der Waals surface area contributed by atoms with Gasteiger partial charge in [0.25, 0.3) is 5.91 Å². The van der Waals surface area contributed by atoms with Crippen LogP contribution in [-0.2, 0) is 6.54 Å². The second-order valence-corrected chi connectivity index (χ2v) is 7.82. The first-order valence-corrected chi connectivity index (χ1v) is 10.1. The molecule has 0 saturated carbocycles. The molecule has 1 aromatic carbocycles. The Bertz CT molecular complexity index is 885. The van der Waals surface area contributed by atoms with Gasteiger partial charge in [-0.2, -0.15) is 0 Å². The molecule has 7 heteroatoms. The number of nitrogens with zero attached hydrogens (tertiary/aromatic N) is 3. The van der Waals surface area contributed by atoms with Gasteiger partial charge < -0.3 is 9.32 Å². The molecule has 0 radical (unpaired) electrons. The summed E-state index contributed by atoms with van der Waals surface area (Å²) < 4.78 is 5.95. The molecule has 0 unspecified atom stereocenters. The number of hydrogen-bond donors (Lipinski definition) is 0. The van der Waals surface area contributed by atoms with Crippen molar-refractivity contribution in [2.75, 3.05) is 26.2 Å². The average Bonchev–Trinajstić information content (AvgIpc) is 3.32. The van der Waals surface area contributed by atoms with Crippen LogP contribution in [0, 0.1) is 0 Å². The largest absolute Gasteiger partial charge is 0.444 e. The maximum absolute atomic E-state index is 12.4. The van der Waals surface area contributed by atoms with E-state index in [9.17, 15) is 4.79 Å². The number of thiazole rings is 1. The lowest BCUT2D eigenvalue weighted by atomic mass is 10.2. The molecule has 5 nitrogen and oxygen atoms in total. The van der Waals surface area contributed by atoms with Crippen molar-refractivity contribution in [2.24, 2.45) is 0 Å². The second kappa shape index (κ2) is 7.73. The average molecular weight is 432 g/mol. The van der Waals surface area contributed by atoms with Gasteiger partial charge in [0.2, 0.25) is 0 Å². The van der Waals surface area contributed by atoms with Gasteiger partial charge in [-0.05, 0) is 28.1 Å². The van der Waals surface area contributed by atoms with E-state index in [0.29, 0.717) is 23.5 Å². The third-order valence-electron chi connectivity index (χ3n) is 4.40.